The quantitative estimate of drug-likeness (QED) is 0.777. The van der Waals surface area contributed by atoms with Crippen molar-refractivity contribution in [3.63, 3.8) is 0 Å². The van der Waals surface area contributed by atoms with Crippen molar-refractivity contribution in [1.82, 2.24) is 20.6 Å². The molecule has 2 aromatic rings. The Morgan fingerprint density at radius 3 is 2.60 bits per heavy atom. The van der Waals surface area contributed by atoms with Crippen molar-refractivity contribution < 1.29 is 13.2 Å². The summed E-state index contributed by atoms with van der Waals surface area (Å²) in [6.45, 7) is 5.05. The molecule has 0 radical (unpaired) electrons. The van der Waals surface area contributed by atoms with E-state index in [0.29, 0.717) is 18.8 Å². The van der Waals surface area contributed by atoms with Crippen LogP contribution in [0.5, 0.6) is 0 Å². The molecule has 0 fully saturated rings. The summed E-state index contributed by atoms with van der Waals surface area (Å²) in [6.07, 6.45) is -3.21. The number of rotatable bonds is 6. The largest absolute Gasteiger partial charge is 0.416 e. The lowest BCUT2D eigenvalue weighted by Gasteiger charge is -2.25. The average Bonchev–Trinajstić information content (AvgIpc) is 3.11. The van der Waals surface area contributed by atoms with Gasteiger partial charge in [0.1, 0.15) is 11.6 Å². The van der Waals surface area contributed by atoms with E-state index >= 15 is 0 Å². The fraction of sp³-hybridized carbons (Fsp3) is 0.333. The van der Waals surface area contributed by atoms with Crippen molar-refractivity contribution in [3.8, 4) is 6.07 Å². The van der Waals surface area contributed by atoms with E-state index in [1.807, 2.05) is 24.8 Å². The summed E-state index contributed by atoms with van der Waals surface area (Å²) in [5.41, 5.74) is 0.0865. The Kier molecular flexibility index (Phi) is 5.59. The number of H-pyrrole nitrogens is 1. The molecule has 0 bridgehead atoms. The van der Waals surface area contributed by atoms with Gasteiger partial charge in [-0.1, -0.05) is 0 Å². The van der Waals surface area contributed by atoms with Crippen LogP contribution in [0.25, 0.3) is 5.57 Å². The van der Waals surface area contributed by atoms with E-state index in [1.165, 1.54) is 12.3 Å². The normalized spacial score (nSPS) is 11.9. The van der Waals surface area contributed by atoms with Crippen LogP contribution in [0.2, 0.25) is 0 Å². The standard InChI is InChI=1S/C15H16F3N7/c1-3-25(4-2)13-6-5-11(15(16,17)18)7-12(13)20-9-10(8-19)14-21-23-24-22-14/h5-7,9,20H,3-4H2,1-2H3,(H,21,22,23,24). The van der Waals surface area contributed by atoms with Crippen LogP contribution in [-0.4, -0.2) is 33.7 Å². The van der Waals surface area contributed by atoms with Gasteiger partial charge < -0.3 is 10.2 Å². The molecule has 0 aliphatic heterocycles. The fourth-order valence-electron chi connectivity index (χ4n) is 2.24. The number of alkyl halides is 3. The number of hydrogen-bond acceptors (Lipinski definition) is 6. The number of nitrogens with zero attached hydrogens (tertiary/aromatic N) is 5. The molecular weight excluding hydrogens is 335 g/mol. The summed E-state index contributed by atoms with van der Waals surface area (Å²) in [5.74, 6) is 0.0476. The summed E-state index contributed by atoms with van der Waals surface area (Å²) in [4.78, 5) is 1.90. The molecule has 25 heavy (non-hydrogen) atoms. The van der Waals surface area contributed by atoms with Crippen molar-refractivity contribution >= 4 is 16.9 Å². The Balaban J connectivity index is 2.44. The molecule has 2 N–H and O–H groups in total. The number of allylic oxidation sites excluding steroid dienone is 1. The number of nitriles is 1. The van der Waals surface area contributed by atoms with Crippen LogP contribution in [0.15, 0.2) is 24.4 Å². The van der Waals surface area contributed by atoms with Gasteiger partial charge in [-0.3, -0.25) is 0 Å². The van der Waals surface area contributed by atoms with Gasteiger partial charge in [0, 0.05) is 19.3 Å². The highest BCUT2D eigenvalue weighted by molar-refractivity contribution is 5.78. The molecule has 10 heteroatoms. The second-order valence-corrected chi connectivity index (χ2v) is 4.95. The summed E-state index contributed by atoms with van der Waals surface area (Å²) < 4.78 is 39.0. The first-order valence-electron chi connectivity index (χ1n) is 7.47. The minimum atomic E-state index is -4.46. The third-order valence-electron chi connectivity index (χ3n) is 3.51. The Bertz CT molecular complexity index is 771. The highest BCUT2D eigenvalue weighted by Gasteiger charge is 2.31. The predicted octanol–water partition coefficient (Wildman–Crippen LogP) is 3.04. The Hall–Kier alpha value is -3.09. The van der Waals surface area contributed by atoms with Crippen LogP contribution in [0, 0.1) is 11.3 Å². The maximum Gasteiger partial charge on any atom is 0.416 e. The Morgan fingerprint density at radius 1 is 1.36 bits per heavy atom. The SMILES string of the molecule is CCN(CC)c1ccc(C(F)(F)F)cc1NC=C(C#N)c1nn[nH]n1. The monoisotopic (exact) mass is 351 g/mol. The molecular formula is C15H16F3N7. The van der Waals surface area contributed by atoms with Gasteiger partial charge in [-0.05, 0) is 37.3 Å². The number of tetrazole rings is 1. The van der Waals surface area contributed by atoms with Gasteiger partial charge in [0.2, 0.25) is 5.82 Å². The molecule has 0 unspecified atom stereocenters. The van der Waals surface area contributed by atoms with Crippen molar-refractivity contribution in [2.45, 2.75) is 20.0 Å². The van der Waals surface area contributed by atoms with Gasteiger partial charge in [-0.2, -0.15) is 23.6 Å². The van der Waals surface area contributed by atoms with E-state index in [9.17, 15) is 13.2 Å². The van der Waals surface area contributed by atoms with E-state index in [1.54, 1.807) is 0 Å². The number of benzene rings is 1. The van der Waals surface area contributed by atoms with Gasteiger partial charge in [-0.25, -0.2) is 0 Å². The number of nitrogens with one attached hydrogen (secondary N) is 2. The van der Waals surface area contributed by atoms with Crippen LogP contribution in [0.3, 0.4) is 0 Å². The summed E-state index contributed by atoms with van der Waals surface area (Å²) in [7, 11) is 0. The van der Waals surface area contributed by atoms with Gasteiger partial charge in [-0.15, -0.1) is 10.2 Å². The number of anilines is 2. The first-order valence-corrected chi connectivity index (χ1v) is 7.47. The zero-order chi connectivity index (χ0) is 18.4. The molecule has 132 valence electrons. The molecule has 1 aromatic heterocycles. The van der Waals surface area contributed by atoms with Gasteiger partial charge in [0.15, 0.2) is 0 Å². The second-order valence-electron chi connectivity index (χ2n) is 4.95. The number of hydrogen-bond donors (Lipinski definition) is 2. The molecule has 0 atom stereocenters. The third-order valence-corrected chi connectivity index (χ3v) is 3.51. The lowest BCUT2D eigenvalue weighted by molar-refractivity contribution is -0.137. The lowest BCUT2D eigenvalue weighted by Crippen LogP contribution is -2.23. The minimum Gasteiger partial charge on any atom is -0.370 e. The van der Waals surface area contributed by atoms with Crippen molar-refractivity contribution in [2.75, 3.05) is 23.3 Å². The molecule has 7 nitrogen and oxygen atoms in total. The van der Waals surface area contributed by atoms with Crippen LogP contribution < -0.4 is 10.2 Å². The Morgan fingerprint density at radius 2 is 2.08 bits per heavy atom. The van der Waals surface area contributed by atoms with Crippen molar-refractivity contribution in [1.29, 1.82) is 5.26 Å². The van der Waals surface area contributed by atoms with Gasteiger partial charge in [0.25, 0.3) is 0 Å². The van der Waals surface area contributed by atoms with E-state index in [0.717, 1.165) is 12.1 Å². The highest BCUT2D eigenvalue weighted by atomic mass is 19.4. The van der Waals surface area contributed by atoms with E-state index in [-0.39, 0.29) is 17.1 Å². The van der Waals surface area contributed by atoms with E-state index in [2.05, 4.69) is 25.9 Å². The average molecular weight is 351 g/mol. The zero-order valence-electron chi connectivity index (χ0n) is 13.6. The fourth-order valence-corrected chi connectivity index (χ4v) is 2.24. The Labute approximate surface area is 142 Å². The summed E-state index contributed by atoms with van der Waals surface area (Å²) in [6, 6.07) is 5.33. The summed E-state index contributed by atoms with van der Waals surface area (Å²) in [5, 5.41) is 24.8. The van der Waals surface area contributed by atoms with Crippen LogP contribution in [-0.2, 0) is 6.18 Å². The zero-order valence-corrected chi connectivity index (χ0v) is 13.6. The number of halogens is 3. The van der Waals surface area contributed by atoms with Crippen molar-refractivity contribution in [2.24, 2.45) is 0 Å². The maximum atomic E-state index is 13.0. The lowest BCUT2D eigenvalue weighted by atomic mass is 10.1. The van der Waals surface area contributed by atoms with Crippen LogP contribution >= 0.6 is 0 Å². The molecule has 0 saturated carbocycles. The number of aromatic amines is 1. The smallest absolute Gasteiger partial charge is 0.370 e. The van der Waals surface area contributed by atoms with Crippen LogP contribution in [0.1, 0.15) is 25.2 Å². The topological polar surface area (TPSA) is 93.5 Å². The molecule has 0 aliphatic rings. The molecule has 0 amide bonds. The molecule has 2 rings (SSSR count). The molecule has 0 saturated heterocycles. The molecule has 1 heterocycles. The first-order chi connectivity index (χ1) is 11.9. The highest BCUT2D eigenvalue weighted by Crippen LogP contribution is 2.35. The first kappa shape index (κ1) is 18.3. The van der Waals surface area contributed by atoms with E-state index in [4.69, 9.17) is 5.26 Å². The van der Waals surface area contributed by atoms with Crippen LogP contribution in [0.4, 0.5) is 24.5 Å². The minimum absolute atomic E-state index is 0.0386. The van der Waals surface area contributed by atoms with Crippen molar-refractivity contribution in [3.05, 3.63) is 35.8 Å². The molecule has 1 aromatic carbocycles. The van der Waals surface area contributed by atoms with Gasteiger partial charge >= 0.3 is 6.18 Å². The second kappa shape index (κ2) is 7.65. The predicted molar refractivity (Wildman–Crippen MR) is 86.4 cm³/mol. The van der Waals surface area contributed by atoms with Gasteiger partial charge in [0.05, 0.1) is 16.9 Å². The summed E-state index contributed by atoms with van der Waals surface area (Å²) >= 11 is 0. The molecule has 0 aliphatic carbocycles. The molecule has 0 spiro atoms. The van der Waals surface area contributed by atoms with E-state index < -0.39 is 11.7 Å². The maximum absolute atomic E-state index is 13.0. The third kappa shape index (κ3) is 4.26. The number of aromatic nitrogens is 4.